The van der Waals surface area contributed by atoms with E-state index in [4.69, 9.17) is 28.3 Å². The van der Waals surface area contributed by atoms with Gasteiger partial charge in [-0.1, -0.05) is 35.3 Å². The fourth-order valence-electron chi connectivity index (χ4n) is 1.67. The molecule has 1 aromatic carbocycles. The smallest absolute Gasteiger partial charge is 0.337 e. The molecule has 0 aliphatic rings. The average Bonchev–Trinajstić information content (AvgIpc) is 2.34. The van der Waals surface area contributed by atoms with E-state index < -0.39 is 11.5 Å². The van der Waals surface area contributed by atoms with E-state index in [1.54, 1.807) is 24.3 Å². The van der Waals surface area contributed by atoms with Gasteiger partial charge in [0, 0.05) is 11.2 Å². The highest BCUT2D eigenvalue weighted by Gasteiger charge is 2.10. The van der Waals surface area contributed by atoms with Crippen LogP contribution >= 0.6 is 23.2 Å². The third-order valence-electron chi connectivity index (χ3n) is 2.53. The van der Waals surface area contributed by atoms with E-state index in [1.807, 2.05) is 0 Å². The number of pyridine rings is 1. The molecule has 98 valence electrons. The van der Waals surface area contributed by atoms with E-state index in [1.165, 1.54) is 10.8 Å². The predicted octanol–water partition coefficient (Wildman–Crippen LogP) is 2.90. The Bertz CT molecular complexity index is 695. The molecule has 2 aromatic rings. The zero-order chi connectivity index (χ0) is 14.0. The molecule has 0 atom stereocenters. The van der Waals surface area contributed by atoms with E-state index in [9.17, 15) is 9.59 Å². The Labute approximate surface area is 118 Å². The van der Waals surface area contributed by atoms with Crippen LogP contribution in [0.2, 0.25) is 10.0 Å². The summed E-state index contributed by atoms with van der Waals surface area (Å²) in [4.78, 5) is 22.8. The number of hydrogen-bond donors (Lipinski definition) is 1. The van der Waals surface area contributed by atoms with Gasteiger partial charge in [-0.05, 0) is 23.8 Å². The predicted molar refractivity (Wildman–Crippen MR) is 73.2 cm³/mol. The van der Waals surface area contributed by atoms with Crippen molar-refractivity contribution in [3.05, 3.63) is 68.1 Å². The van der Waals surface area contributed by atoms with E-state index >= 15 is 0 Å². The number of carboxylic acid groups (broad SMARTS) is 1. The molecule has 0 saturated heterocycles. The van der Waals surface area contributed by atoms with Crippen molar-refractivity contribution in [2.24, 2.45) is 0 Å². The van der Waals surface area contributed by atoms with Crippen LogP contribution in [0.3, 0.4) is 0 Å². The first-order chi connectivity index (χ1) is 8.97. The Kier molecular flexibility index (Phi) is 3.93. The molecular formula is C13H9Cl2NO3. The number of halogens is 2. The number of aromatic nitrogens is 1. The number of carboxylic acids is 1. The number of benzene rings is 1. The maximum Gasteiger partial charge on any atom is 0.337 e. The standard InChI is InChI=1S/C13H9Cl2NO3/c14-10-3-1-2-8(4-10)6-16-7-9(13(18)19)5-11(15)12(16)17/h1-5,7H,6H2,(H,18,19). The van der Waals surface area contributed by atoms with Crippen molar-refractivity contribution in [2.75, 3.05) is 0 Å². The second-order valence-corrected chi connectivity index (χ2v) is 4.79. The molecule has 0 saturated carbocycles. The molecule has 1 N–H and O–H groups in total. The van der Waals surface area contributed by atoms with Crippen molar-refractivity contribution in [1.29, 1.82) is 0 Å². The lowest BCUT2D eigenvalue weighted by atomic mass is 10.2. The normalized spacial score (nSPS) is 10.4. The molecule has 0 radical (unpaired) electrons. The van der Waals surface area contributed by atoms with Crippen LogP contribution in [0, 0.1) is 0 Å². The third-order valence-corrected chi connectivity index (χ3v) is 3.04. The Hall–Kier alpha value is -1.78. The van der Waals surface area contributed by atoms with Gasteiger partial charge in [0.2, 0.25) is 0 Å². The first-order valence-electron chi connectivity index (χ1n) is 5.35. The molecule has 1 heterocycles. The van der Waals surface area contributed by atoms with Crippen LogP contribution in [0.4, 0.5) is 0 Å². The van der Waals surface area contributed by atoms with Gasteiger partial charge in [-0.3, -0.25) is 4.79 Å². The molecule has 6 heteroatoms. The molecule has 0 unspecified atom stereocenters. The number of carbonyl (C=O) groups is 1. The Balaban J connectivity index is 2.45. The van der Waals surface area contributed by atoms with Gasteiger partial charge in [-0.2, -0.15) is 0 Å². The van der Waals surface area contributed by atoms with Crippen LogP contribution in [0.25, 0.3) is 0 Å². The molecule has 0 fully saturated rings. The lowest BCUT2D eigenvalue weighted by molar-refractivity contribution is 0.0696. The molecule has 0 spiro atoms. The second-order valence-electron chi connectivity index (χ2n) is 3.94. The summed E-state index contributed by atoms with van der Waals surface area (Å²) >= 11 is 11.6. The van der Waals surface area contributed by atoms with Crippen molar-refractivity contribution < 1.29 is 9.90 Å². The number of hydrogen-bond acceptors (Lipinski definition) is 2. The second kappa shape index (κ2) is 5.47. The van der Waals surface area contributed by atoms with E-state index in [2.05, 4.69) is 0 Å². The summed E-state index contributed by atoms with van der Waals surface area (Å²) in [5.41, 5.74) is 0.312. The summed E-state index contributed by atoms with van der Waals surface area (Å²) in [5, 5.41) is 9.36. The average molecular weight is 298 g/mol. The van der Waals surface area contributed by atoms with Crippen molar-refractivity contribution in [3.8, 4) is 0 Å². The SMILES string of the molecule is O=C(O)c1cc(Cl)c(=O)n(Cc2cccc(Cl)c2)c1. The topological polar surface area (TPSA) is 59.3 Å². The largest absolute Gasteiger partial charge is 0.478 e. The molecule has 1 aromatic heterocycles. The summed E-state index contributed by atoms with van der Waals surface area (Å²) in [5.74, 6) is -1.14. The van der Waals surface area contributed by atoms with Gasteiger partial charge < -0.3 is 9.67 Å². The van der Waals surface area contributed by atoms with Crippen LogP contribution in [0.15, 0.2) is 41.3 Å². The number of aromatic carboxylic acids is 1. The van der Waals surface area contributed by atoms with Gasteiger partial charge in [0.05, 0.1) is 12.1 Å². The van der Waals surface area contributed by atoms with Crippen LogP contribution in [-0.4, -0.2) is 15.6 Å². The van der Waals surface area contributed by atoms with E-state index in [-0.39, 0.29) is 17.1 Å². The molecule has 2 rings (SSSR count). The molecule has 19 heavy (non-hydrogen) atoms. The number of rotatable bonds is 3. The van der Waals surface area contributed by atoms with Gasteiger partial charge in [-0.15, -0.1) is 0 Å². The summed E-state index contributed by atoms with van der Waals surface area (Å²) in [6.45, 7) is 0.209. The lowest BCUT2D eigenvalue weighted by Gasteiger charge is -2.08. The highest BCUT2D eigenvalue weighted by molar-refractivity contribution is 6.31. The minimum Gasteiger partial charge on any atom is -0.478 e. The van der Waals surface area contributed by atoms with E-state index in [0.717, 1.165) is 11.6 Å². The van der Waals surface area contributed by atoms with E-state index in [0.29, 0.717) is 5.02 Å². The number of nitrogens with zero attached hydrogens (tertiary/aromatic N) is 1. The monoisotopic (exact) mass is 297 g/mol. The molecule has 0 aliphatic heterocycles. The minimum absolute atomic E-state index is 0.0355. The van der Waals surface area contributed by atoms with Gasteiger partial charge in [0.15, 0.2) is 0 Å². The minimum atomic E-state index is -1.14. The van der Waals surface area contributed by atoms with Gasteiger partial charge >= 0.3 is 5.97 Å². The van der Waals surface area contributed by atoms with Crippen LogP contribution < -0.4 is 5.56 Å². The zero-order valence-corrected chi connectivity index (χ0v) is 11.1. The first kappa shape index (κ1) is 13.6. The van der Waals surface area contributed by atoms with Gasteiger partial charge in [-0.25, -0.2) is 4.79 Å². The van der Waals surface area contributed by atoms with Crippen molar-refractivity contribution in [1.82, 2.24) is 4.57 Å². The van der Waals surface area contributed by atoms with Crippen molar-refractivity contribution in [2.45, 2.75) is 6.54 Å². The third kappa shape index (κ3) is 3.16. The Morgan fingerprint density at radius 2 is 2.00 bits per heavy atom. The molecule has 0 amide bonds. The highest BCUT2D eigenvalue weighted by Crippen LogP contribution is 2.13. The lowest BCUT2D eigenvalue weighted by Crippen LogP contribution is -2.22. The van der Waals surface area contributed by atoms with Crippen LogP contribution in [0.1, 0.15) is 15.9 Å². The highest BCUT2D eigenvalue weighted by atomic mass is 35.5. The fraction of sp³-hybridized carbons (Fsp3) is 0.0769. The van der Waals surface area contributed by atoms with Crippen molar-refractivity contribution >= 4 is 29.2 Å². The summed E-state index contributed by atoms with van der Waals surface area (Å²) in [6, 6.07) is 8.11. The van der Waals surface area contributed by atoms with Gasteiger partial charge in [0.1, 0.15) is 5.02 Å². The Morgan fingerprint density at radius 1 is 1.26 bits per heavy atom. The van der Waals surface area contributed by atoms with Gasteiger partial charge in [0.25, 0.3) is 5.56 Å². The molecule has 0 aliphatic carbocycles. The van der Waals surface area contributed by atoms with Crippen molar-refractivity contribution in [3.63, 3.8) is 0 Å². The summed E-state index contributed by atoms with van der Waals surface area (Å²) < 4.78 is 1.25. The Morgan fingerprint density at radius 3 is 2.63 bits per heavy atom. The molecular weight excluding hydrogens is 289 g/mol. The van der Waals surface area contributed by atoms with Crippen LogP contribution in [-0.2, 0) is 6.54 Å². The molecule has 0 bridgehead atoms. The quantitative estimate of drug-likeness (QED) is 0.947. The zero-order valence-electron chi connectivity index (χ0n) is 9.64. The maximum absolute atomic E-state index is 11.8. The summed E-state index contributed by atoms with van der Waals surface area (Å²) in [7, 11) is 0. The van der Waals surface area contributed by atoms with Crippen LogP contribution in [0.5, 0.6) is 0 Å². The fourth-order valence-corrected chi connectivity index (χ4v) is 2.10. The molecule has 4 nitrogen and oxygen atoms in total. The first-order valence-corrected chi connectivity index (χ1v) is 6.10. The maximum atomic E-state index is 11.8. The summed E-state index contributed by atoms with van der Waals surface area (Å²) in [6.07, 6.45) is 1.26.